The molecule has 0 fully saturated rings. The van der Waals surface area contributed by atoms with E-state index in [1.165, 1.54) is 0 Å². The molecule has 1 aromatic carbocycles. The highest BCUT2D eigenvalue weighted by Crippen LogP contribution is 2.19. The Morgan fingerprint density at radius 2 is 1.95 bits per heavy atom. The summed E-state index contributed by atoms with van der Waals surface area (Å²) in [5.41, 5.74) is 7.60. The average Bonchev–Trinajstić information content (AvgIpc) is 2.46. The van der Waals surface area contributed by atoms with Gasteiger partial charge in [-0.05, 0) is 37.7 Å². The third-order valence-corrected chi connectivity index (χ3v) is 3.02. The minimum absolute atomic E-state index is 0.667. The maximum Gasteiger partial charge on any atom is 0.142 e. The molecule has 0 radical (unpaired) electrons. The lowest BCUT2D eigenvalue weighted by Crippen LogP contribution is -2.21. The number of pyridine rings is 1. The molecule has 0 atom stereocenters. The number of hydrogen-bond donors (Lipinski definition) is 1. The normalized spacial score (nSPS) is 10.7. The summed E-state index contributed by atoms with van der Waals surface area (Å²) in [7, 11) is 2.09. The molecule has 0 saturated carbocycles. The van der Waals surface area contributed by atoms with Crippen molar-refractivity contribution in [3.63, 3.8) is 0 Å². The van der Waals surface area contributed by atoms with Crippen molar-refractivity contribution in [2.75, 3.05) is 25.9 Å². The van der Waals surface area contributed by atoms with Crippen LogP contribution in [-0.4, -0.2) is 30.1 Å². The smallest absolute Gasteiger partial charge is 0.142 e. The zero-order valence-electron chi connectivity index (χ0n) is 11.8. The van der Waals surface area contributed by atoms with Gasteiger partial charge in [0.2, 0.25) is 0 Å². The molecule has 0 aliphatic carbocycles. The molecule has 106 valence electrons. The Morgan fingerprint density at radius 1 is 1.15 bits per heavy atom. The van der Waals surface area contributed by atoms with Gasteiger partial charge in [-0.3, -0.25) is 4.98 Å². The highest BCUT2D eigenvalue weighted by atomic mass is 16.5. The molecule has 0 aliphatic heterocycles. The number of nitrogens with zero attached hydrogens (tertiary/aromatic N) is 2. The fourth-order valence-electron chi connectivity index (χ4n) is 1.98. The summed E-state index contributed by atoms with van der Waals surface area (Å²) < 4.78 is 5.67. The quantitative estimate of drug-likeness (QED) is 0.621. The van der Waals surface area contributed by atoms with Crippen LogP contribution in [0.3, 0.4) is 0 Å². The van der Waals surface area contributed by atoms with Gasteiger partial charge < -0.3 is 15.4 Å². The second-order valence-electron chi connectivity index (χ2n) is 4.80. The first-order valence-electron chi connectivity index (χ1n) is 6.81. The zero-order valence-corrected chi connectivity index (χ0v) is 11.8. The van der Waals surface area contributed by atoms with Gasteiger partial charge in [-0.2, -0.15) is 0 Å². The first-order chi connectivity index (χ1) is 9.75. The third-order valence-electron chi connectivity index (χ3n) is 3.02. The van der Waals surface area contributed by atoms with Gasteiger partial charge in [-0.15, -0.1) is 0 Å². The van der Waals surface area contributed by atoms with Crippen molar-refractivity contribution in [3.8, 4) is 5.75 Å². The molecule has 0 saturated heterocycles. The van der Waals surface area contributed by atoms with Crippen molar-refractivity contribution in [3.05, 3.63) is 54.4 Å². The molecule has 2 rings (SSSR count). The predicted molar refractivity (Wildman–Crippen MR) is 81.5 cm³/mol. The van der Waals surface area contributed by atoms with Gasteiger partial charge in [0.05, 0.1) is 18.0 Å². The van der Waals surface area contributed by atoms with Gasteiger partial charge in [0, 0.05) is 19.3 Å². The van der Waals surface area contributed by atoms with E-state index in [4.69, 9.17) is 10.5 Å². The van der Waals surface area contributed by atoms with E-state index in [0.29, 0.717) is 12.3 Å². The van der Waals surface area contributed by atoms with Crippen molar-refractivity contribution in [1.82, 2.24) is 9.88 Å². The standard InChI is InChI=1S/C16H21N3O/c1-19(13-14-7-4-5-10-18-14)11-6-12-20-16-9-3-2-8-15(16)17/h2-5,7-10H,6,11-13,17H2,1H3. The second-order valence-corrected chi connectivity index (χ2v) is 4.80. The molecule has 0 unspecified atom stereocenters. The van der Waals surface area contributed by atoms with Gasteiger partial charge >= 0.3 is 0 Å². The van der Waals surface area contributed by atoms with Gasteiger partial charge in [0.15, 0.2) is 0 Å². The number of ether oxygens (including phenoxy) is 1. The summed E-state index contributed by atoms with van der Waals surface area (Å²) in [5.74, 6) is 0.764. The molecule has 4 nitrogen and oxygen atoms in total. The summed E-state index contributed by atoms with van der Waals surface area (Å²) in [6, 6.07) is 13.6. The van der Waals surface area contributed by atoms with Crippen LogP contribution in [0.25, 0.3) is 0 Å². The second kappa shape index (κ2) is 7.50. The molecular formula is C16H21N3O. The Bertz CT molecular complexity index is 516. The van der Waals surface area contributed by atoms with Crippen molar-refractivity contribution in [1.29, 1.82) is 0 Å². The van der Waals surface area contributed by atoms with Crippen LogP contribution in [0.1, 0.15) is 12.1 Å². The number of nitrogens with two attached hydrogens (primary N) is 1. The minimum Gasteiger partial charge on any atom is -0.491 e. The van der Waals surface area contributed by atoms with Crippen molar-refractivity contribution in [2.24, 2.45) is 0 Å². The molecule has 1 aromatic heterocycles. The van der Waals surface area contributed by atoms with E-state index in [1.807, 2.05) is 48.7 Å². The summed E-state index contributed by atoms with van der Waals surface area (Å²) >= 11 is 0. The van der Waals surface area contributed by atoms with E-state index >= 15 is 0 Å². The summed E-state index contributed by atoms with van der Waals surface area (Å²) in [6.07, 6.45) is 2.78. The molecule has 2 aromatic rings. The molecule has 0 spiro atoms. The average molecular weight is 271 g/mol. The summed E-state index contributed by atoms with van der Waals surface area (Å²) in [4.78, 5) is 6.55. The Labute approximate surface area is 120 Å². The van der Waals surface area contributed by atoms with Crippen LogP contribution < -0.4 is 10.5 Å². The summed E-state index contributed by atoms with van der Waals surface area (Å²) in [5, 5.41) is 0. The van der Waals surface area contributed by atoms with Crippen LogP contribution >= 0.6 is 0 Å². The van der Waals surface area contributed by atoms with Crippen molar-refractivity contribution in [2.45, 2.75) is 13.0 Å². The van der Waals surface area contributed by atoms with Crippen LogP contribution in [0.5, 0.6) is 5.75 Å². The third kappa shape index (κ3) is 4.55. The Kier molecular flexibility index (Phi) is 5.38. The number of hydrogen-bond acceptors (Lipinski definition) is 4. The molecular weight excluding hydrogens is 250 g/mol. The number of aromatic nitrogens is 1. The van der Waals surface area contributed by atoms with E-state index in [9.17, 15) is 0 Å². The van der Waals surface area contributed by atoms with Crippen LogP contribution in [0.2, 0.25) is 0 Å². The van der Waals surface area contributed by atoms with Gasteiger partial charge in [0.1, 0.15) is 5.75 Å². The van der Waals surface area contributed by atoms with E-state index in [0.717, 1.165) is 31.0 Å². The van der Waals surface area contributed by atoms with Crippen LogP contribution in [-0.2, 0) is 6.54 Å². The van der Waals surface area contributed by atoms with Crippen LogP contribution in [0.4, 0.5) is 5.69 Å². The van der Waals surface area contributed by atoms with Gasteiger partial charge in [-0.25, -0.2) is 0 Å². The molecule has 0 bridgehead atoms. The van der Waals surface area contributed by atoms with Crippen LogP contribution in [0, 0.1) is 0 Å². The Balaban J connectivity index is 1.67. The maximum atomic E-state index is 5.82. The zero-order chi connectivity index (χ0) is 14.2. The first-order valence-corrected chi connectivity index (χ1v) is 6.81. The number of rotatable bonds is 7. The predicted octanol–water partition coefficient (Wildman–Crippen LogP) is 2.56. The first kappa shape index (κ1) is 14.3. The highest BCUT2D eigenvalue weighted by molar-refractivity contribution is 5.51. The summed E-state index contributed by atoms with van der Waals surface area (Å²) in [6.45, 7) is 2.48. The Hall–Kier alpha value is -2.07. The monoisotopic (exact) mass is 271 g/mol. The van der Waals surface area contributed by atoms with Crippen molar-refractivity contribution >= 4 is 5.69 Å². The molecule has 0 amide bonds. The number of benzene rings is 1. The van der Waals surface area contributed by atoms with Crippen molar-refractivity contribution < 1.29 is 4.74 Å². The Morgan fingerprint density at radius 3 is 2.70 bits per heavy atom. The molecule has 2 N–H and O–H groups in total. The van der Waals surface area contributed by atoms with Crippen LogP contribution in [0.15, 0.2) is 48.7 Å². The van der Waals surface area contributed by atoms with Gasteiger partial charge in [-0.1, -0.05) is 18.2 Å². The van der Waals surface area contributed by atoms with E-state index in [1.54, 1.807) is 0 Å². The number of anilines is 1. The fraction of sp³-hybridized carbons (Fsp3) is 0.312. The molecule has 20 heavy (non-hydrogen) atoms. The van der Waals surface area contributed by atoms with E-state index in [-0.39, 0.29) is 0 Å². The molecule has 1 heterocycles. The number of nitrogen functional groups attached to an aromatic ring is 1. The minimum atomic E-state index is 0.667. The fourth-order valence-corrected chi connectivity index (χ4v) is 1.98. The lowest BCUT2D eigenvalue weighted by molar-refractivity contribution is 0.258. The lowest BCUT2D eigenvalue weighted by atomic mass is 10.3. The van der Waals surface area contributed by atoms with E-state index < -0.39 is 0 Å². The molecule has 0 aliphatic rings. The lowest BCUT2D eigenvalue weighted by Gasteiger charge is -2.16. The largest absolute Gasteiger partial charge is 0.491 e. The van der Waals surface area contributed by atoms with E-state index in [2.05, 4.69) is 16.9 Å². The van der Waals surface area contributed by atoms with Gasteiger partial charge in [0.25, 0.3) is 0 Å². The number of para-hydroxylation sites is 2. The maximum absolute atomic E-state index is 5.82. The highest BCUT2D eigenvalue weighted by Gasteiger charge is 2.02. The SMILES string of the molecule is CN(CCCOc1ccccc1N)Cc1ccccn1. The topological polar surface area (TPSA) is 51.4 Å². The molecule has 4 heteroatoms.